The van der Waals surface area contributed by atoms with Crippen LogP contribution in [-0.4, -0.2) is 9.97 Å². The van der Waals surface area contributed by atoms with Crippen LogP contribution in [0.3, 0.4) is 0 Å². The van der Waals surface area contributed by atoms with Gasteiger partial charge in [0.15, 0.2) is 0 Å². The van der Waals surface area contributed by atoms with Gasteiger partial charge in [-0.3, -0.25) is 9.97 Å². The molecule has 0 bridgehead atoms. The predicted octanol–water partition coefficient (Wildman–Crippen LogP) is 5.82. The van der Waals surface area contributed by atoms with Crippen molar-refractivity contribution in [3.63, 3.8) is 0 Å². The molecule has 0 saturated heterocycles. The van der Waals surface area contributed by atoms with Crippen molar-refractivity contribution in [3.8, 4) is 11.1 Å². The first kappa shape index (κ1) is 14.0. The van der Waals surface area contributed by atoms with Crippen LogP contribution in [0.15, 0.2) is 67.0 Å². The van der Waals surface area contributed by atoms with Gasteiger partial charge in [-0.05, 0) is 46.0 Å². The van der Waals surface area contributed by atoms with E-state index in [9.17, 15) is 0 Å². The smallest absolute Gasteiger partial charge is 0.0977 e. The first-order chi connectivity index (χ1) is 12.8. The maximum absolute atomic E-state index is 4.87. The maximum Gasteiger partial charge on any atom is 0.0977 e. The molecule has 1 aliphatic rings. The van der Waals surface area contributed by atoms with E-state index in [1.54, 1.807) is 0 Å². The van der Waals surface area contributed by atoms with E-state index in [0.29, 0.717) is 0 Å². The van der Waals surface area contributed by atoms with Crippen LogP contribution in [-0.2, 0) is 6.42 Å². The summed E-state index contributed by atoms with van der Waals surface area (Å²) in [5.41, 5.74) is 8.70. The third-order valence-corrected chi connectivity index (χ3v) is 5.59. The molecule has 0 N–H and O–H groups in total. The molecule has 1 aliphatic carbocycles. The molecule has 2 nitrogen and oxygen atoms in total. The van der Waals surface area contributed by atoms with Gasteiger partial charge in [0, 0.05) is 29.6 Å². The van der Waals surface area contributed by atoms with Gasteiger partial charge in [-0.2, -0.15) is 0 Å². The molecule has 0 atom stereocenters. The Kier molecular flexibility index (Phi) is 2.63. The second-order valence-corrected chi connectivity index (χ2v) is 7.16. The van der Waals surface area contributed by atoms with Gasteiger partial charge < -0.3 is 0 Å². The van der Waals surface area contributed by atoms with Gasteiger partial charge in [0.1, 0.15) is 0 Å². The Labute approximate surface area is 151 Å². The van der Waals surface area contributed by atoms with Gasteiger partial charge in [0.2, 0.25) is 0 Å². The highest BCUT2D eigenvalue weighted by Gasteiger charge is 2.24. The second kappa shape index (κ2) is 4.89. The van der Waals surface area contributed by atoms with Gasteiger partial charge in [0.05, 0.1) is 11.0 Å². The van der Waals surface area contributed by atoms with Crippen LogP contribution in [0.4, 0.5) is 0 Å². The van der Waals surface area contributed by atoms with E-state index in [0.717, 1.165) is 17.5 Å². The van der Waals surface area contributed by atoms with Gasteiger partial charge >= 0.3 is 0 Å². The Morgan fingerprint density at radius 1 is 0.769 bits per heavy atom. The number of hydrogen-bond acceptors (Lipinski definition) is 2. The summed E-state index contributed by atoms with van der Waals surface area (Å²) in [7, 11) is 0. The van der Waals surface area contributed by atoms with Crippen molar-refractivity contribution < 1.29 is 0 Å². The Bertz CT molecular complexity index is 1330. The fourth-order valence-electron chi connectivity index (χ4n) is 4.46. The summed E-state index contributed by atoms with van der Waals surface area (Å²) < 4.78 is 0. The van der Waals surface area contributed by atoms with Crippen LogP contribution < -0.4 is 0 Å². The molecule has 0 fully saturated rings. The Morgan fingerprint density at radius 2 is 1.62 bits per heavy atom. The fraction of sp³-hybridized carbons (Fsp3) is 0.0833. The number of nitrogens with zero attached hydrogens (tertiary/aromatic N) is 2. The lowest BCUT2D eigenvalue weighted by atomic mass is 9.93. The molecule has 6 rings (SSSR count). The van der Waals surface area contributed by atoms with E-state index in [-0.39, 0.29) is 0 Å². The quantitative estimate of drug-likeness (QED) is 0.328. The minimum absolute atomic E-state index is 0.961. The number of aromatic nitrogens is 2. The van der Waals surface area contributed by atoms with Crippen LogP contribution in [0, 0.1) is 6.92 Å². The number of hydrogen-bond donors (Lipinski definition) is 0. The highest BCUT2D eigenvalue weighted by molar-refractivity contribution is 6.26. The molecule has 0 aliphatic heterocycles. The second-order valence-electron chi connectivity index (χ2n) is 7.16. The van der Waals surface area contributed by atoms with Crippen LogP contribution in [0.5, 0.6) is 0 Å². The van der Waals surface area contributed by atoms with Crippen molar-refractivity contribution in [2.24, 2.45) is 0 Å². The molecule has 2 aromatic heterocycles. The van der Waals surface area contributed by atoms with E-state index in [1.165, 1.54) is 49.4 Å². The molecule has 0 radical (unpaired) electrons. The van der Waals surface area contributed by atoms with E-state index >= 15 is 0 Å². The molecule has 5 aromatic rings. The largest absolute Gasteiger partial charge is 0.254 e. The lowest BCUT2D eigenvalue weighted by Gasteiger charge is -2.13. The molecule has 2 heterocycles. The molecule has 26 heavy (non-hydrogen) atoms. The predicted molar refractivity (Wildman–Crippen MR) is 108 cm³/mol. The summed E-state index contributed by atoms with van der Waals surface area (Å²) in [5, 5.41) is 4.93. The topological polar surface area (TPSA) is 25.8 Å². The van der Waals surface area contributed by atoms with Crippen molar-refractivity contribution in [1.82, 2.24) is 9.97 Å². The van der Waals surface area contributed by atoms with Crippen molar-refractivity contribution in [3.05, 3.63) is 83.7 Å². The molecule has 0 saturated carbocycles. The minimum atomic E-state index is 0.961. The Balaban J connectivity index is 1.93. The molecule has 0 amide bonds. The summed E-state index contributed by atoms with van der Waals surface area (Å²) in [4.78, 5) is 9.57. The van der Waals surface area contributed by atoms with E-state index < -0.39 is 0 Å². The van der Waals surface area contributed by atoms with Crippen molar-refractivity contribution in [2.75, 3.05) is 0 Å². The highest BCUT2D eigenvalue weighted by atomic mass is 14.7. The normalized spacial score (nSPS) is 12.7. The van der Waals surface area contributed by atoms with Gasteiger partial charge in [0.25, 0.3) is 0 Å². The van der Waals surface area contributed by atoms with E-state index in [4.69, 9.17) is 9.97 Å². The van der Waals surface area contributed by atoms with Crippen LogP contribution in [0.2, 0.25) is 0 Å². The Morgan fingerprint density at radius 3 is 2.54 bits per heavy atom. The maximum atomic E-state index is 4.87. The number of pyridine rings is 2. The lowest BCUT2D eigenvalue weighted by Crippen LogP contribution is -1.92. The van der Waals surface area contributed by atoms with E-state index in [2.05, 4.69) is 61.7 Å². The molecule has 0 unspecified atom stereocenters. The number of benzene rings is 3. The highest BCUT2D eigenvalue weighted by Crippen LogP contribution is 2.45. The zero-order chi connectivity index (χ0) is 17.3. The summed E-state index contributed by atoms with van der Waals surface area (Å²) in [5.74, 6) is 0. The number of fused-ring (bicyclic) bond motifs is 10. The molecule has 122 valence electrons. The zero-order valence-electron chi connectivity index (χ0n) is 14.5. The molecule has 3 aromatic carbocycles. The fourth-order valence-corrected chi connectivity index (χ4v) is 4.46. The molecular formula is C24H16N2. The average Bonchev–Trinajstić information content (AvgIpc) is 3.06. The monoisotopic (exact) mass is 332 g/mol. The molecular weight excluding hydrogens is 316 g/mol. The van der Waals surface area contributed by atoms with Crippen LogP contribution in [0.25, 0.3) is 43.7 Å². The van der Waals surface area contributed by atoms with Gasteiger partial charge in [-0.15, -0.1) is 0 Å². The summed E-state index contributed by atoms with van der Waals surface area (Å²) in [6.07, 6.45) is 4.88. The SMILES string of the molecule is Cc1ccc2c(c1)-c1c(cnc3c4ncccc4c4ccccc4c13)C2. The standard InChI is InChI=1S/C24H16N2/c1-14-8-9-15-12-16-13-26-24-22(21(16)20(15)11-14)18-6-3-2-5-17(18)19-7-4-10-25-23(19)24/h2-11,13H,12H2,1H3. The van der Waals surface area contributed by atoms with E-state index in [1.807, 2.05) is 12.3 Å². The van der Waals surface area contributed by atoms with Gasteiger partial charge in [-0.25, -0.2) is 0 Å². The van der Waals surface area contributed by atoms with Crippen molar-refractivity contribution >= 4 is 32.6 Å². The number of aryl methyl sites for hydroxylation is 1. The van der Waals surface area contributed by atoms with Crippen LogP contribution in [0.1, 0.15) is 16.7 Å². The molecule has 0 spiro atoms. The number of rotatable bonds is 0. The van der Waals surface area contributed by atoms with Crippen LogP contribution >= 0.6 is 0 Å². The summed E-state index contributed by atoms with van der Waals surface area (Å²) >= 11 is 0. The van der Waals surface area contributed by atoms with Crippen molar-refractivity contribution in [1.29, 1.82) is 0 Å². The molecule has 2 heteroatoms. The van der Waals surface area contributed by atoms with Crippen molar-refractivity contribution in [2.45, 2.75) is 13.3 Å². The third kappa shape index (κ3) is 1.71. The lowest BCUT2D eigenvalue weighted by molar-refractivity contribution is 1.22. The average molecular weight is 332 g/mol. The first-order valence-corrected chi connectivity index (χ1v) is 8.98. The zero-order valence-corrected chi connectivity index (χ0v) is 14.5. The Hall–Kier alpha value is -3.26. The van der Waals surface area contributed by atoms with Gasteiger partial charge in [-0.1, -0.05) is 54.1 Å². The first-order valence-electron chi connectivity index (χ1n) is 8.98. The summed E-state index contributed by atoms with van der Waals surface area (Å²) in [6, 6.07) is 19.6. The third-order valence-electron chi connectivity index (χ3n) is 5.59. The summed E-state index contributed by atoms with van der Waals surface area (Å²) in [6.45, 7) is 2.16. The minimum Gasteiger partial charge on any atom is -0.254 e.